The molecule has 116 valence electrons. The van der Waals surface area contributed by atoms with Gasteiger partial charge in [-0.3, -0.25) is 4.79 Å². The summed E-state index contributed by atoms with van der Waals surface area (Å²) in [7, 11) is -3.26. The van der Waals surface area contributed by atoms with Gasteiger partial charge in [0.05, 0.1) is 23.0 Å². The van der Waals surface area contributed by atoms with E-state index in [2.05, 4.69) is 5.32 Å². The molecule has 21 heavy (non-hydrogen) atoms. The number of benzene rings is 1. The van der Waals surface area contributed by atoms with E-state index in [9.17, 15) is 22.4 Å². The van der Waals surface area contributed by atoms with Gasteiger partial charge in [0, 0.05) is 6.26 Å². The van der Waals surface area contributed by atoms with Crippen LogP contribution in [0, 0.1) is 5.82 Å². The summed E-state index contributed by atoms with van der Waals surface area (Å²) in [6.45, 7) is 0. The highest BCUT2D eigenvalue weighted by Crippen LogP contribution is 2.16. The van der Waals surface area contributed by atoms with Crippen molar-refractivity contribution in [2.75, 3.05) is 17.3 Å². The van der Waals surface area contributed by atoms with Gasteiger partial charge < -0.3 is 16.2 Å². The van der Waals surface area contributed by atoms with Gasteiger partial charge in [0.25, 0.3) is 0 Å². The van der Waals surface area contributed by atoms with E-state index in [0.717, 1.165) is 24.5 Å². The van der Waals surface area contributed by atoms with Crippen molar-refractivity contribution in [3.05, 3.63) is 29.6 Å². The van der Waals surface area contributed by atoms with Crippen molar-refractivity contribution in [3.63, 3.8) is 0 Å². The van der Waals surface area contributed by atoms with Crippen LogP contribution >= 0.6 is 0 Å². The van der Waals surface area contributed by atoms with Crippen LogP contribution in [0.5, 0.6) is 0 Å². The predicted octanol–water partition coefficient (Wildman–Crippen LogP) is 0.224. The number of carboxylic acid groups (broad SMARTS) is 1. The van der Waals surface area contributed by atoms with Crippen molar-refractivity contribution in [2.45, 2.75) is 12.5 Å². The third-order valence-corrected chi connectivity index (χ3v) is 3.58. The average Bonchev–Trinajstić information content (AvgIpc) is 2.37. The molecular weight excluding hydrogens is 303 g/mol. The summed E-state index contributed by atoms with van der Waals surface area (Å²) in [6, 6.07) is 1.77. The second kappa shape index (κ2) is 6.64. The second-order valence-electron chi connectivity index (χ2n) is 4.51. The Morgan fingerprint density at radius 1 is 1.43 bits per heavy atom. The fourth-order valence-corrected chi connectivity index (χ4v) is 2.13. The number of amides is 1. The van der Waals surface area contributed by atoms with Crippen molar-refractivity contribution >= 4 is 27.4 Å². The minimum atomic E-state index is -3.26. The summed E-state index contributed by atoms with van der Waals surface area (Å²) < 4.78 is 35.4. The Kier molecular flexibility index (Phi) is 5.39. The van der Waals surface area contributed by atoms with Crippen molar-refractivity contribution in [3.8, 4) is 0 Å². The number of rotatable bonds is 6. The lowest BCUT2D eigenvalue weighted by Crippen LogP contribution is -2.37. The maximum atomic E-state index is 13.5. The molecule has 1 unspecified atom stereocenters. The van der Waals surface area contributed by atoms with E-state index >= 15 is 0 Å². The summed E-state index contributed by atoms with van der Waals surface area (Å²) in [5.41, 5.74) is 4.98. The molecule has 0 aliphatic carbocycles. The van der Waals surface area contributed by atoms with Crippen LogP contribution in [-0.4, -0.2) is 43.5 Å². The number of aromatic carboxylic acids is 1. The maximum absolute atomic E-state index is 13.5. The molecule has 0 aromatic heterocycles. The van der Waals surface area contributed by atoms with Crippen LogP contribution in [0.2, 0.25) is 0 Å². The molecule has 4 N–H and O–H groups in total. The topological polar surface area (TPSA) is 127 Å². The van der Waals surface area contributed by atoms with Crippen LogP contribution in [0.15, 0.2) is 18.2 Å². The molecule has 0 saturated heterocycles. The SMILES string of the molecule is CS(=O)(=O)CCC(N)C(=O)Nc1cc(C(=O)O)ccc1F. The number of carboxylic acids is 1. The molecule has 0 radical (unpaired) electrons. The van der Waals surface area contributed by atoms with Gasteiger partial charge >= 0.3 is 5.97 Å². The number of carbonyl (C=O) groups excluding carboxylic acids is 1. The molecule has 0 saturated carbocycles. The van der Waals surface area contributed by atoms with Crippen LogP contribution in [0.4, 0.5) is 10.1 Å². The van der Waals surface area contributed by atoms with Gasteiger partial charge in [-0.05, 0) is 24.6 Å². The first kappa shape index (κ1) is 17.1. The van der Waals surface area contributed by atoms with Gasteiger partial charge in [-0.2, -0.15) is 0 Å². The van der Waals surface area contributed by atoms with E-state index in [1.54, 1.807) is 0 Å². The first-order valence-electron chi connectivity index (χ1n) is 5.87. The molecule has 0 heterocycles. The van der Waals surface area contributed by atoms with Crippen LogP contribution in [-0.2, 0) is 14.6 Å². The number of nitrogens with one attached hydrogen (secondary N) is 1. The van der Waals surface area contributed by atoms with Crippen molar-refractivity contribution in [1.82, 2.24) is 0 Å². The molecule has 1 aromatic carbocycles. The molecule has 1 amide bonds. The number of carbonyl (C=O) groups is 2. The molecule has 9 heteroatoms. The van der Waals surface area contributed by atoms with E-state index in [4.69, 9.17) is 10.8 Å². The molecule has 0 spiro atoms. The van der Waals surface area contributed by atoms with E-state index in [0.29, 0.717) is 0 Å². The number of anilines is 1. The zero-order valence-corrected chi connectivity index (χ0v) is 12.0. The zero-order valence-electron chi connectivity index (χ0n) is 11.2. The highest BCUT2D eigenvalue weighted by atomic mass is 32.2. The molecule has 1 rings (SSSR count). The number of hydrogen-bond donors (Lipinski definition) is 3. The molecule has 0 aliphatic heterocycles. The highest BCUT2D eigenvalue weighted by Gasteiger charge is 2.18. The molecule has 0 bridgehead atoms. The Morgan fingerprint density at radius 2 is 2.05 bits per heavy atom. The number of hydrogen-bond acceptors (Lipinski definition) is 5. The minimum Gasteiger partial charge on any atom is -0.478 e. The van der Waals surface area contributed by atoms with E-state index < -0.39 is 33.6 Å². The third-order valence-electron chi connectivity index (χ3n) is 2.61. The van der Waals surface area contributed by atoms with Gasteiger partial charge in [-0.15, -0.1) is 0 Å². The fourth-order valence-electron chi connectivity index (χ4n) is 1.45. The van der Waals surface area contributed by atoms with Crippen LogP contribution < -0.4 is 11.1 Å². The quantitative estimate of drug-likeness (QED) is 0.689. The van der Waals surface area contributed by atoms with Gasteiger partial charge in [-0.1, -0.05) is 0 Å². The molecular formula is C12H15FN2O5S. The smallest absolute Gasteiger partial charge is 0.335 e. The number of halogens is 1. The monoisotopic (exact) mass is 318 g/mol. The summed E-state index contributed by atoms with van der Waals surface area (Å²) >= 11 is 0. The summed E-state index contributed by atoms with van der Waals surface area (Å²) in [6.07, 6.45) is 0.887. The highest BCUT2D eigenvalue weighted by molar-refractivity contribution is 7.90. The van der Waals surface area contributed by atoms with Crippen LogP contribution in [0.3, 0.4) is 0 Å². The lowest BCUT2D eigenvalue weighted by atomic mass is 10.1. The first-order valence-corrected chi connectivity index (χ1v) is 7.93. The molecule has 7 nitrogen and oxygen atoms in total. The zero-order chi connectivity index (χ0) is 16.2. The minimum absolute atomic E-state index is 0.120. The van der Waals surface area contributed by atoms with Crippen LogP contribution in [0.1, 0.15) is 16.8 Å². The van der Waals surface area contributed by atoms with Gasteiger partial charge in [0.15, 0.2) is 0 Å². The van der Waals surface area contributed by atoms with E-state index in [1.165, 1.54) is 0 Å². The summed E-state index contributed by atoms with van der Waals surface area (Å²) in [4.78, 5) is 22.5. The van der Waals surface area contributed by atoms with Gasteiger partial charge in [0.2, 0.25) is 5.91 Å². The van der Waals surface area contributed by atoms with Crippen molar-refractivity contribution in [2.24, 2.45) is 5.73 Å². The lowest BCUT2D eigenvalue weighted by Gasteiger charge is -2.12. The maximum Gasteiger partial charge on any atom is 0.335 e. The second-order valence-corrected chi connectivity index (χ2v) is 6.77. The number of sulfone groups is 1. The Bertz CT molecular complexity index is 660. The Hall–Kier alpha value is -2.00. The molecule has 0 fully saturated rings. The normalized spacial score (nSPS) is 12.7. The molecule has 0 aliphatic rings. The Labute approximate surface area is 120 Å². The molecule has 1 atom stereocenters. The van der Waals surface area contributed by atoms with Crippen LogP contribution in [0.25, 0.3) is 0 Å². The third kappa shape index (κ3) is 5.48. The van der Waals surface area contributed by atoms with Crippen molar-refractivity contribution in [1.29, 1.82) is 0 Å². The molecule has 1 aromatic rings. The number of nitrogens with two attached hydrogens (primary N) is 1. The summed E-state index contributed by atoms with van der Waals surface area (Å²) in [5, 5.41) is 10.9. The lowest BCUT2D eigenvalue weighted by molar-refractivity contribution is -0.117. The van der Waals surface area contributed by atoms with E-state index in [1.807, 2.05) is 0 Å². The average molecular weight is 318 g/mol. The first-order chi connectivity index (χ1) is 9.60. The standard InChI is InChI=1S/C12H15FN2O5S/c1-21(19,20)5-4-9(14)11(16)15-10-6-7(12(17)18)2-3-8(10)13/h2-3,6,9H,4-5,14H2,1H3,(H,15,16)(H,17,18). The van der Waals surface area contributed by atoms with Crippen molar-refractivity contribution < 1.29 is 27.5 Å². The summed E-state index contributed by atoms with van der Waals surface area (Å²) in [5.74, 6) is -3.16. The Balaban J connectivity index is 2.78. The predicted molar refractivity (Wildman–Crippen MR) is 74.3 cm³/mol. The Morgan fingerprint density at radius 3 is 2.57 bits per heavy atom. The van der Waals surface area contributed by atoms with Gasteiger partial charge in [-0.25, -0.2) is 17.6 Å². The van der Waals surface area contributed by atoms with Gasteiger partial charge in [0.1, 0.15) is 15.7 Å². The largest absolute Gasteiger partial charge is 0.478 e. The fraction of sp³-hybridized carbons (Fsp3) is 0.333. The van der Waals surface area contributed by atoms with E-state index in [-0.39, 0.29) is 23.4 Å².